The first-order chi connectivity index (χ1) is 13.8. The van der Waals surface area contributed by atoms with Gasteiger partial charge >= 0.3 is 0 Å². The van der Waals surface area contributed by atoms with Crippen LogP contribution >= 0.6 is 24.0 Å². The summed E-state index contributed by atoms with van der Waals surface area (Å²) in [4.78, 5) is 11.7. The zero-order valence-corrected chi connectivity index (χ0v) is 19.8. The van der Waals surface area contributed by atoms with Crippen LogP contribution in [0, 0.1) is 6.92 Å². The van der Waals surface area contributed by atoms with E-state index in [-0.39, 0.29) is 24.0 Å². The maximum atomic E-state index is 5.16. The Kier molecular flexibility index (Phi) is 10.4. The number of aliphatic imine (C=N–C) groups is 1. The molecule has 0 spiro atoms. The van der Waals surface area contributed by atoms with Gasteiger partial charge in [-0.1, -0.05) is 35.5 Å². The first-order valence-electron chi connectivity index (χ1n) is 10.4. The monoisotopic (exact) mass is 512 g/mol. The number of guanidine groups is 1. The number of aryl methyl sites for hydroxylation is 2. The summed E-state index contributed by atoms with van der Waals surface area (Å²) in [6, 6.07) is 11.1. The van der Waals surface area contributed by atoms with Gasteiger partial charge in [-0.2, -0.15) is 4.98 Å². The van der Waals surface area contributed by atoms with E-state index >= 15 is 0 Å². The summed E-state index contributed by atoms with van der Waals surface area (Å²) < 4.78 is 5.16. The lowest BCUT2D eigenvalue weighted by Gasteiger charge is -2.27. The fraction of sp³-hybridized carbons (Fsp3) is 0.571. The molecule has 1 aliphatic heterocycles. The van der Waals surface area contributed by atoms with Crippen molar-refractivity contribution in [2.45, 2.75) is 45.6 Å². The molecule has 1 fully saturated rings. The molecule has 0 radical (unpaired) electrons. The molecule has 1 unspecified atom stereocenters. The molecule has 29 heavy (non-hydrogen) atoms. The molecule has 1 saturated heterocycles. The molecule has 1 aromatic carbocycles. The number of rotatable bonds is 9. The highest BCUT2D eigenvalue weighted by Gasteiger charge is 2.23. The van der Waals surface area contributed by atoms with E-state index in [9.17, 15) is 0 Å². The van der Waals surface area contributed by atoms with Crippen molar-refractivity contribution < 1.29 is 4.52 Å². The molecule has 1 aliphatic rings. The number of hydrogen-bond acceptors (Lipinski definition) is 5. The van der Waals surface area contributed by atoms with E-state index in [4.69, 9.17) is 9.52 Å². The van der Waals surface area contributed by atoms with Gasteiger partial charge in [-0.15, -0.1) is 24.0 Å². The minimum Gasteiger partial charge on any atom is -0.357 e. The van der Waals surface area contributed by atoms with Gasteiger partial charge in [-0.05, 0) is 51.8 Å². The normalized spacial score (nSPS) is 15.7. The minimum absolute atomic E-state index is 0. The molecule has 3 rings (SSSR count). The van der Waals surface area contributed by atoms with Crippen molar-refractivity contribution in [2.75, 3.05) is 32.7 Å². The lowest BCUT2D eigenvalue weighted by molar-refractivity contribution is 0.251. The van der Waals surface area contributed by atoms with E-state index in [1.54, 1.807) is 0 Å². The standard InChI is InChI=1S/C21H32N6O.HI/c1-3-22-21(23-13-9-12-20-25-17(2)26-28-20)24-16-19(27-14-7-8-15-27)18-10-5-4-6-11-18;/h4-6,10-11,19H,3,7-9,12-16H2,1-2H3,(H2,22,23,24);1H. The number of aromatic nitrogens is 2. The first-order valence-corrected chi connectivity index (χ1v) is 10.4. The van der Waals surface area contributed by atoms with Crippen molar-refractivity contribution in [3.8, 4) is 0 Å². The van der Waals surface area contributed by atoms with Gasteiger partial charge in [-0.3, -0.25) is 9.89 Å². The summed E-state index contributed by atoms with van der Waals surface area (Å²) in [5.74, 6) is 2.25. The summed E-state index contributed by atoms with van der Waals surface area (Å²) in [5, 5.41) is 10.6. The molecule has 1 aromatic heterocycles. The topological polar surface area (TPSA) is 78.6 Å². The largest absolute Gasteiger partial charge is 0.357 e. The minimum atomic E-state index is 0. The van der Waals surface area contributed by atoms with E-state index in [0.717, 1.165) is 51.5 Å². The Balaban J connectivity index is 0.00000300. The summed E-state index contributed by atoms with van der Waals surface area (Å²) >= 11 is 0. The average molecular weight is 512 g/mol. The SMILES string of the molecule is CCNC(=NCC(c1ccccc1)N1CCCC1)NCCCc1nc(C)no1.I. The molecule has 160 valence electrons. The first kappa shape index (κ1) is 23.6. The van der Waals surface area contributed by atoms with E-state index in [2.05, 4.69) is 62.9 Å². The molecule has 0 aliphatic carbocycles. The van der Waals surface area contributed by atoms with Crippen molar-refractivity contribution in [1.82, 2.24) is 25.7 Å². The molecular weight excluding hydrogens is 479 g/mol. The highest BCUT2D eigenvalue weighted by molar-refractivity contribution is 14.0. The lowest BCUT2D eigenvalue weighted by Crippen LogP contribution is -2.39. The zero-order valence-electron chi connectivity index (χ0n) is 17.4. The fourth-order valence-corrected chi connectivity index (χ4v) is 3.57. The molecule has 0 saturated carbocycles. The van der Waals surface area contributed by atoms with Gasteiger partial charge in [0, 0.05) is 19.5 Å². The second-order valence-corrected chi connectivity index (χ2v) is 7.15. The third-order valence-corrected chi connectivity index (χ3v) is 4.96. The van der Waals surface area contributed by atoms with Crippen LogP contribution in [-0.2, 0) is 6.42 Å². The lowest BCUT2D eigenvalue weighted by atomic mass is 10.1. The number of likely N-dealkylation sites (tertiary alicyclic amines) is 1. The molecular formula is C21H33IN6O. The smallest absolute Gasteiger partial charge is 0.226 e. The van der Waals surface area contributed by atoms with E-state index in [1.807, 2.05) is 6.92 Å². The molecule has 2 aromatic rings. The van der Waals surface area contributed by atoms with Gasteiger partial charge in [0.05, 0.1) is 12.6 Å². The van der Waals surface area contributed by atoms with Crippen molar-refractivity contribution in [3.63, 3.8) is 0 Å². The van der Waals surface area contributed by atoms with Gasteiger partial charge in [0.1, 0.15) is 0 Å². The van der Waals surface area contributed by atoms with Gasteiger partial charge in [0.15, 0.2) is 11.8 Å². The van der Waals surface area contributed by atoms with Gasteiger partial charge in [-0.25, -0.2) is 0 Å². The van der Waals surface area contributed by atoms with Crippen LogP contribution in [0.2, 0.25) is 0 Å². The van der Waals surface area contributed by atoms with E-state index in [0.29, 0.717) is 17.8 Å². The van der Waals surface area contributed by atoms with Gasteiger partial charge in [0.2, 0.25) is 5.89 Å². The van der Waals surface area contributed by atoms with Crippen LogP contribution in [0.15, 0.2) is 39.8 Å². The molecule has 0 bridgehead atoms. The summed E-state index contributed by atoms with van der Waals surface area (Å²) in [6.07, 6.45) is 4.25. The molecule has 1 atom stereocenters. The van der Waals surface area contributed by atoms with Crippen molar-refractivity contribution in [2.24, 2.45) is 4.99 Å². The van der Waals surface area contributed by atoms with E-state index in [1.165, 1.54) is 18.4 Å². The average Bonchev–Trinajstić information content (AvgIpc) is 3.38. The third kappa shape index (κ3) is 7.58. The Morgan fingerprint density at radius 1 is 1.21 bits per heavy atom. The maximum absolute atomic E-state index is 5.16. The Morgan fingerprint density at radius 3 is 2.62 bits per heavy atom. The number of nitrogens with zero attached hydrogens (tertiary/aromatic N) is 4. The predicted octanol–water partition coefficient (Wildman–Crippen LogP) is 3.32. The van der Waals surface area contributed by atoms with Crippen LogP contribution in [0.5, 0.6) is 0 Å². The van der Waals surface area contributed by atoms with Crippen LogP contribution in [-0.4, -0.2) is 53.7 Å². The second kappa shape index (κ2) is 12.8. The number of nitrogens with one attached hydrogen (secondary N) is 2. The van der Waals surface area contributed by atoms with E-state index < -0.39 is 0 Å². The van der Waals surface area contributed by atoms with Crippen molar-refractivity contribution in [3.05, 3.63) is 47.6 Å². The Morgan fingerprint density at radius 2 is 1.97 bits per heavy atom. The maximum Gasteiger partial charge on any atom is 0.226 e. The quantitative estimate of drug-likeness (QED) is 0.232. The van der Waals surface area contributed by atoms with Crippen LogP contribution in [0.4, 0.5) is 0 Å². The fourth-order valence-electron chi connectivity index (χ4n) is 3.57. The molecule has 7 nitrogen and oxygen atoms in total. The van der Waals surface area contributed by atoms with Crippen LogP contribution < -0.4 is 10.6 Å². The third-order valence-electron chi connectivity index (χ3n) is 4.96. The highest BCUT2D eigenvalue weighted by Crippen LogP contribution is 2.25. The Labute approximate surface area is 190 Å². The molecule has 2 heterocycles. The highest BCUT2D eigenvalue weighted by atomic mass is 127. The number of halogens is 1. The Bertz CT molecular complexity index is 730. The van der Waals surface area contributed by atoms with Crippen molar-refractivity contribution >= 4 is 29.9 Å². The summed E-state index contributed by atoms with van der Waals surface area (Å²) in [6.45, 7) is 8.65. The summed E-state index contributed by atoms with van der Waals surface area (Å²) in [5.41, 5.74) is 1.34. The number of benzene rings is 1. The number of hydrogen-bond donors (Lipinski definition) is 2. The van der Waals surface area contributed by atoms with Crippen LogP contribution in [0.3, 0.4) is 0 Å². The molecule has 2 N–H and O–H groups in total. The predicted molar refractivity (Wildman–Crippen MR) is 127 cm³/mol. The van der Waals surface area contributed by atoms with Gasteiger partial charge in [0.25, 0.3) is 0 Å². The Hall–Kier alpha value is -1.68. The van der Waals surface area contributed by atoms with Crippen LogP contribution in [0.1, 0.15) is 49.5 Å². The molecule has 8 heteroatoms. The molecule has 0 amide bonds. The van der Waals surface area contributed by atoms with Crippen molar-refractivity contribution in [1.29, 1.82) is 0 Å². The summed E-state index contributed by atoms with van der Waals surface area (Å²) in [7, 11) is 0. The zero-order chi connectivity index (χ0) is 19.6. The van der Waals surface area contributed by atoms with Gasteiger partial charge < -0.3 is 15.2 Å². The van der Waals surface area contributed by atoms with Crippen LogP contribution in [0.25, 0.3) is 0 Å². The second-order valence-electron chi connectivity index (χ2n) is 7.15.